The van der Waals surface area contributed by atoms with Crippen LogP contribution in [-0.2, 0) is 65.4 Å². The maximum absolute atomic E-state index is 13.2. The van der Waals surface area contributed by atoms with Crippen molar-refractivity contribution in [2.75, 3.05) is 39.6 Å². The van der Waals surface area contributed by atoms with Gasteiger partial charge < -0.3 is 33.8 Å². The Kier molecular flexibility index (Phi) is 80.6. The Morgan fingerprint density at radius 2 is 0.374 bits per heavy atom. The molecule has 0 aromatic heterocycles. The van der Waals surface area contributed by atoms with E-state index in [1.807, 2.05) is 0 Å². The third-order valence-electron chi connectivity index (χ3n) is 20.9. The molecule has 2 unspecified atom stereocenters. The molecule has 0 aliphatic carbocycles. The second-order valence-corrected chi connectivity index (χ2v) is 34.5. The minimum atomic E-state index is -4.97. The highest BCUT2D eigenvalue weighted by atomic mass is 31.2. The van der Waals surface area contributed by atoms with E-state index in [4.69, 9.17) is 37.0 Å². The standard InChI is InChI=1S/C88H172O17P2/c1-5-9-13-17-21-25-28-31-34-37-39-41-43-46-48-51-54-57-61-65-69-73-86(91)99-79-84(105-88(93)75-71-67-63-59-56-53-50-47-44-42-40-38-35-32-29-26-22-18-14-10-6-2)81-103-107(96,97)101-77-82(89)76-100-106(94,95)102-80-83(78-98-85(90)72-68-64-60-24-20-16-12-8-4)104-87(92)74-70-66-62-58-55-52-49-45-36-33-30-27-23-19-15-11-7-3/h82-84,89H,5-81H2,1-4H3,(H,94,95)(H,96,97)/t82-,83+,84+/m0/s1. The van der Waals surface area contributed by atoms with E-state index in [-0.39, 0.29) is 25.7 Å². The molecule has 0 rings (SSSR count). The van der Waals surface area contributed by atoms with Crippen LogP contribution in [0, 0.1) is 0 Å². The summed E-state index contributed by atoms with van der Waals surface area (Å²) in [5, 5.41) is 10.7. The highest BCUT2D eigenvalue weighted by Gasteiger charge is 2.30. The fourth-order valence-electron chi connectivity index (χ4n) is 13.9. The summed E-state index contributed by atoms with van der Waals surface area (Å²) >= 11 is 0. The summed E-state index contributed by atoms with van der Waals surface area (Å²) in [4.78, 5) is 73.2. The Bertz CT molecular complexity index is 2020. The number of phosphoric ester groups is 2. The van der Waals surface area contributed by atoms with Gasteiger partial charge in [-0.1, -0.05) is 432 Å². The van der Waals surface area contributed by atoms with Crippen molar-refractivity contribution >= 4 is 39.5 Å². The maximum Gasteiger partial charge on any atom is 0.472 e. The molecule has 0 fully saturated rings. The fraction of sp³-hybridized carbons (Fsp3) is 0.955. The van der Waals surface area contributed by atoms with Gasteiger partial charge in [-0.25, -0.2) is 9.13 Å². The Hall–Kier alpha value is -1.94. The molecule has 0 aromatic carbocycles. The third kappa shape index (κ3) is 81.9. The Morgan fingerprint density at radius 1 is 0.224 bits per heavy atom. The molecule has 0 radical (unpaired) electrons. The van der Waals surface area contributed by atoms with Gasteiger partial charge in [0.15, 0.2) is 12.2 Å². The first-order valence-electron chi connectivity index (χ1n) is 45.8. The predicted molar refractivity (Wildman–Crippen MR) is 442 cm³/mol. The van der Waals surface area contributed by atoms with E-state index in [1.54, 1.807) is 0 Å². The lowest BCUT2D eigenvalue weighted by Crippen LogP contribution is -2.30. The number of carbonyl (C=O) groups excluding carboxylic acids is 4. The lowest BCUT2D eigenvalue weighted by atomic mass is 10.0. The van der Waals surface area contributed by atoms with Crippen LogP contribution in [0.1, 0.15) is 484 Å². The third-order valence-corrected chi connectivity index (χ3v) is 22.8. The largest absolute Gasteiger partial charge is 0.472 e. The van der Waals surface area contributed by atoms with Crippen molar-refractivity contribution in [1.29, 1.82) is 0 Å². The smallest absolute Gasteiger partial charge is 0.462 e. The van der Waals surface area contributed by atoms with Gasteiger partial charge in [0.05, 0.1) is 26.4 Å². The summed E-state index contributed by atoms with van der Waals surface area (Å²) in [6, 6.07) is 0. The molecule has 0 saturated heterocycles. The summed E-state index contributed by atoms with van der Waals surface area (Å²) in [7, 11) is -9.92. The molecule has 0 aliphatic heterocycles. The predicted octanol–water partition coefficient (Wildman–Crippen LogP) is 27.3. The van der Waals surface area contributed by atoms with E-state index in [0.29, 0.717) is 25.7 Å². The van der Waals surface area contributed by atoms with Crippen molar-refractivity contribution in [2.24, 2.45) is 0 Å². The normalized spacial score (nSPS) is 13.7. The van der Waals surface area contributed by atoms with Gasteiger partial charge >= 0.3 is 39.5 Å². The molecular formula is C88H172O17P2. The lowest BCUT2D eigenvalue weighted by Gasteiger charge is -2.21. The average Bonchev–Trinajstić information content (AvgIpc) is 0.908. The van der Waals surface area contributed by atoms with E-state index >= 15 is 0 Å². The van der Waals surface area contributed by atoms with Gasteiger partial charge in [0.2, 0.25) is 0 Å². The van der Waals surface area contributed by atoms with Crippen molar-refractivity contribution in [3.8, 4) is 0 Å². The molecule has 0 bridgehead atoms. The first-order chi connectivity index (χ1) is 52.2. The average molecular weight is 1560 g/mol. The van der Waals surface area contributed by atoms with Crippen LogP contribution in [0.25, 0.3) is 0 Å². The maximum atomic E-state index is 13.2. The summed E-state index contributed by atoms with van der Waals surface area (Å²) < 4.78 is 68.9. The summed E-state index contributed by atoms with van der Waals surface area (Å²) in [5.74, 6) is -2.10. The zero-order valence-electron chi connectivity index (χ0n) is 70.1. The lowest BCUT2D eigenvalue weighted by molar-refractivity contribution is -0.161. The molecule has 0 aliphatic rings. The number of unbranched alkanes of at least 4 members (excludes halogenated alkanes) is 63. The van der Waals surface area contributed by atoms with Crippen LogP contribution in [0.3, 0.4) is 0 Å². The number of rotatable bonds is 89. The highest BCUT2D eigenvalue weighted by Crippen LogP contribution is 2.45. The first kappa shape index (κ1) is 105. The van der Waals surface area contributed by atoms with Gasteiger partial charge in [0.25, 0.3) is 0 Å². The van der Waals surface area contributed by atoms with Crippen LogP contribution in [0.4, 0.5) is 0 Å². The van der Waals surface area contributed by atoms with Crippen LogP contribution in [0.2, 0.25) is 0 Å². The minimum Gasteiger partial charge on any atom is -0.462 e. The number of ether oxygens (including phenoxy) is 4. The fourth-order valence-corrected chi connectivity index (χ4v) is 15.5. The van der Waals surface area contributed by atoms with Crippen LogP contribution in [0.15, 0.2) is 0 Å². The van der Waals surface area contributed by atoms with Gasteiger partial charge in [-0.15, -0.1) is 0 Å². The number of esters is 4. The molecule has 0 heterocycles. The van der Waals surface area contributed by atoms with Crippen LogP contribution in [0.5, 0.6) is 0 Å². The second-order valence-electron chi connectivity index (χ2n) is 31.6. The monoisotopic (exact) mass is 1560 g/mol. The number of carbonyl (C=O) groups is 4. The molecule has 19 heteroatoms. The van der Waals surface area contributed by atoms with E-state index in [1.165, 1.54) is 315 Å². The Labute approximate surface area is 658 Å². The SMILES string of the molecule is CCCCCCCCCCCCCCCCCCCCCCCC(=O)OC[C@H](COP(=O)(O)OC[C@@H](O)COP(=O)(O)OC[C@@H](COC(=O)CCCCCCCCCC)OC(=O)CCCCCCCCCCCCCCCCCCC)OC(=O)CCCCCCCCCCCCCCCCCCCCCCC. The molecule has 5 atom stereocenters. The molecule has 636 valence electrons. The van der Waals surface area contributed by atoms with Crippen molar-refractivity contribution < 1.29 is 80.2 Å². The first-order valence-corrected chi connectivity index (χ1v) is 48.8. The summed E-state index contributed by atoms with van der Waals surface area (Å²) in [6.45, 7) is 5.04. The van der Waals surface area contributed by atoms with Crippen molar-refractivity contribution in [2.45, 2.75) is 502 Å². The minimum absolute atomic E-state index is 0.109. The van der Waals surface area contributed by atoms with Gasteiger partial charge in [-0.3, -0.25) is 37.3 Å². The van der Waals surface area contributed by atoms with Crippen LogP contribution < -0.4 is 0 Å². The van der Waals surface area contributed by atoms with E-state index in [0.717, 1.165) is 89.9 Å². The molecule has 107 heavy (non-hydrogen) atoms. The molecule has 3 N–H and O–H groups in total. The summed E-state index contributed by atoms with van der Waals surface area (Å²) in [6.07, 6.45) is 78.0. The van der Waals surface area contributed by atoms with E-state index in [9.17, 15) is 43.2 Å². The van der Waals surface area contributed by atoms with Crippen molar-refractivity contribution in [3.63, 3.8) is 0 Å². The van der Waals surface area contributed by atoms with E-state index < -0.39 is 97.5 Å². The number of aliphatic hydroxyl groups excluding tert-OH is 1. The van der Waals surface area contributed by atoms with Crippen LogP contribution in [-0.4, -0.2) is 96.7 Å². The summed E-state index contributed by atoms with van der Waals surface area (Å²) in [5.41, 5.74) is 0. The molecular weight excluding hydrogens is 1390 g/mol. The highest BCUT2D eigenvalue weighted by molar-refractivity contribution is 7.47. The molecule has 17 nitrogen and oxygen atoms in total. The zero-order valence-corrected chi connectivity index (χ0v) is 71.9. The van der Waals surface area contributed by atoms with Gasteiger partial charge in [0, 0.05) is 25.7 Å². The Balaban J connectivity index is 5.17. The second kappa shape index (κ2) is 82.1. The number of aliphatic hydroxyl groups is 1. The topological polar surface area (TPSA) is 237 Å². The number of hydrogen-bond acceptors (Lipinski definition) is 15. The molecule has 0 amide bonds. The van der Waals surface area contributed by atoms with Crippen molar-refractivity contribution in [1.82, 2.24) is 0 Å². The molecule has 0 aromatic rings. The quantitative estimate of drug-likeness (QED) is 0.0222. The van der Waals surface area contributed by atoms with E-state index in [2.05, 4.69) is 27.7 Å². The van der Waals surface area contributed by atoms with Crippen molar-refractivity contribution in [3.05, 3.63) is 0 Å². The molecule has 0 saturated carbocycles. The van der Waals surface area contributed by atoms with Gasteiger partial charge in [0.1, 0.15) is 19.3 Å². The molecule has 0 spiro atoms. The van der Waals surface area contributed by atoms with Crippen LogP contribution >= 0.6 is 15.6 Å². The van der Waals surface area contributed by atoms with Gasteiger partial charge in [-0.05, 0) is 25.7 Å². The Morgan fingerprint density at radius 3 is 0.551 bits per heavy atom. The number of hydrogen-bond donors (Lipinski definition) is 3. The van der Waals surface area contributed by atoms with Gasteiger partial charge in [-0.2, -0.15) is 0 Å². The number of phosphoric acid groups is 2. The zero-order chi connectivity index (χ0) is 78.1.